The number of carbonyl (C=O) groups excluding carboxylic acids is 1. The summed E-state index contributed by atoms with van der Waals surface area (Å²) >= 11 is 0. The van der Waals surface area contributed by atoms with E-state index in [9.17, 15) is 4.79 Å². The molecule has 1 fully saturated rings. The molecule has 18 heavy (non-hydrogen) atoms. The van der Waals surface area contributed by atoms with Gasteiger partial charge in [0.1, 0.15) is 0 Å². The van der Waals surface area contributed by atoms with Crippen molar-refractivity contribution in [1.82, 2.24) is 15.5 Å². The molecular formula is C14H29N3O. The number of carbonyl (C=O) groups is 1. The number of nitrogens with zero attached hydrogens (tertiary/aromatic N) is 1. The normalized spacial score (nSPS) is 21.2. The van der Waals surface area contributed by atoms with Crippen LogP contribution in [0.2, 0.25) is 0 Å². The number of hydrogen-bond donors (Lipinski definition) is 2. The van der Waals surface area contributed by atoms with Gasteiger partial charge in [0.05, 0.1) is 6.54 Å². The maximum Gasteiger partial charge on any atom is 0.234 e. The predicted molar refractivity (Wildman–Crippen MR) is 75.7 cm³/mol. The molecule has 0 saturated carbocycles. The molecular weight excluding hydrogens is 226 g/mol. The van der Waals surface area contributed by atoms with Gasteiger partial charge in [-0.1, -0.05) is 26.2 Å². The molecule has 2 unspecified atom stereocenters. The van der Waals surface area contributed by atoms with Gasteiger partial charge in [0, 0.05) is 18.6 Å². The highest BCUT2D eigenvalue weighted by atomic mass is 16.2. The van der Waals surface area contributed by atoms with E-state index < -0.39 is 0 Å². The molecule has 2 atom stereocenters. The quantitative estimate of drug-likeness (QED) is 0.644. The Bertz CT molecular complexity index is 239. The van der Waals surface area contributed by atoms with Gasteiger partial charge in [-0.05, 0) is 33.4 Å². The molecule has 4 nitrogen and oxygen atoms in total. The number of rotatable bonds is 8. The summed E-state index contributed by atoms with van der Waals surface area (Å²) in [7, 11) is 2.04. The lowest BCUT2D eigenvalue weighted by Gasteiger charge is -2.23. The first-order valence-corrected chi connectivity index (χ1v) is 7.33. The van der Waals surface area contributed by atoms with Crippen molar-refractivity contribution in [2.24, 2.45) is 0 Å². The van der Waals surface area contributed by atoms with Gasteiger partial charge in [-0.3, -0.25) is 9.69 Å². The van der Waals surface area contributed by atoms with Crippen LogP contribution in [0.3, 0.4) is 0 Å². The average molecular weight is 255 g/mol. The van der Waals surface area contributed by atoms with Gasteiger partial charge in [0.25, 0.3) is 0 Å². The summed E-state index contributed by atoms with van der Waals surface area (Å²) < 4.78 is 0. The maximum atomic E-state index is 11.9. The summed E-state index contributed by atoms with van der Waals surface area (Å²) in [5.41, 5.74) is 0. The minimum Gasteiger partial charge on any atom is -0.353 e. The number of hydrogen-bond acceptors (Lipinski definition) is 3. The lowest BCUT2D eigenvalue weighted by Crippen LogP contribution is -2.43. The second-order valence-corrected chi connectivity index (χ2v) is 5.53. The topological polar surface area (TPSA) is 44.4 Å². The van der Waals surface area contributed by atoms with Crippen molar-refractivity contribution >= 4 is 5.91 Å². The summed E-state index contributed by atoms with van der Waals surface area (Å²) in [5, 5.41) is 6.42. The van der Waals surface area contributed by atoms with Crippen molar-refractivity contribution in [3.63, 3.8) is 0 Å². The Morgan fingerprint density at radius 3 is 2.89 bits per heavy atom. The molecule has 1 aliphatic heterocycles. The van der Waals surface area contributed by atoms with Crippen LogP contribution in [-0.2, 0) is 4.79 Å². The van der Waals surface area contributed by atoms with Gasteiger partial charge in [0.2, 0.25) is 5.91 Å². The maximum absolute atomic E-state index is 11.9. The van der Waals surface area contributed by atoms with Crippen molar-refractivity contribution in [1.29, 1.82) is 0 Å². The van der Waals surface area contributed by atoms with E-state index in [1.54, 1.807) is 0 Å². The first-order chi connectivity index (χ1) is 8.63. The van der Waals surface area contributed by atoms with Crippen LogP contribution >= 0.6 is 0 Å². The van der Waals surface area contributed by atoms with E-state index in [4.69, 9.17) is 0 Å². The zero-order valence-corrected chi connectivity index (χ0v) is 12.2. The third-order valence-corrected chi connectivity index (χ3v) is 3.70. The molecule has 1 rings (SSSR count). The smallest absolute Gasteiger partial charge is 0.234 e. The number of amides is 1. The van der Waals surface area contributed by atoms with E-state index in [1.807, 2.05) is 7.05 Å². The number of unbranched alkanes of at least 4 members (excludes halogenated alkanes) is 2. The molecule has 1 aliphatic rings. The molecule has 1 heterocycles. The zero-order chi connectivity index (χ0) is 13.4. The molecule has 0 bridgehead atoms. The molecule has 0 spiro atoms. The third kappa shape index (κ3) is 5.83. The SMILES string of the molecule is CCCCCC(C)NC(=O)CN(C)C1CCNC1. The highest BCUT2D eigenvalue weighted by molar-refractivity contribution is 5.78. The minimum atomic E-state index is 0.161. The largest absolute Gasteiger partial charge is 0.353 e. The van der Waals surface area contributed by atoms with E-state index in [2.05, 4.69) is 29.4 Å². The fourth-order valence-corrected chi connectivity index (χ4v) is 2.46. The summed E-state index contributed by atoms with van der Waals surface area (Å²) in [4.78, 5) is 14.0. The zero-order valence-electron chi connectivity index (χ0n) is 12.2. The van der Waals surface area contributed by atoms with Crippen LogP contribution < -0.4 is 10.6 Å². The van der Waals surface area contributed by atoms with Crippen LogP contribution in [0.25, 0.3) is 0 Å². The summed E-state index contributed by atoms with van der Waals surface area (Å²) in [6.07, 6.45) is 5.94. The Hall–Kier alpha value is -0.610. The van der Waals surface area contributed by atoms with Crippen molar-refractivity contribution in [2.75, 3.05) is 26.7 Å². The minimum absolute atomic E-state index is 0.161. The molecule has 0 aromatic carbocycles. The summed E-state index contributed by atoms with van der Waals surface area (Å²) in [6, 6.07) is 0.824. The van der Waals surface area contributed by atoms with Crippen LogP contribution in [-0.4, -0.2) is 49.6 Å². The van der Waals surface area contributed by atoms with E-state index in [0.717, 1.165) is 25.9 Å². The second-order valence-electron chi connectivity index (χ2n) is 5.53. The Labute approximate surface area is 111 Å². The van der Waals surface area contributed by atoms with Gasteiger partial charge in [0.15, 0.2) is 0 Å². The lowest BCUT2D eigenvalue weighted by atomic mass is 10.1. The second kappa shape index (κ2) is 8.48. The van der Waals surface area contributed by atoms with Gasteiger partial charge in [-0.15, -0.1) is 0 Å². The fourth-order valence-electron chi connectivity index (χ4n) is 2.46. The molecule has 0 aliphatic carbocycles. The average Bonchev–Trinajstić information content (AvgIpc) is 2.82. The van der Waals surface area contributed by atoms with Crippen LogP contribution in [0.5, 0.6) is 0 Å². The first kappa shape index (κ1) is 15.4. The first-order valence-electron chi connectivity index (χ1n) is 7.33. The summed E-state index contributed by atoms with van der Waals surface area (Å²) in [5.74, 6) is 0.161. The fraction of sp³-hybridized carbons (Fsp3) is 0.929. The molecule has 1 amide bonds. The van der Waals surface area contributed by atoms with E-state index in [0.29, 0.717) is 18.6 Å². The van der Waals surface area contributed by atoms with Crippen molar-refractivity contribution in [3.05, 3.63) is 0 Å². The van der Waals surface area contributed by atoms with Gasteiger partial charge >= 0.3 is 0 Å². The third-order valence-electron chi connectivity index (χ3n) is 3.70. The highest BCUT2D eigenvalue weighted by Crippen LogP contribution is 2.06. The molecule has 1 saturated heterocycles. The van der Waals surface area contributed by atoms with E-state index >= 15 is 0 Å². The Morgan fingerprint density at radius 1 is 1.50 bits per heavy atom. The van der Waals surface area contributed by atoms with Gasteiger partial charge in [-0.2, -0.15) is 0 Å². The van der Waals surface area contributed by atoms with E-state index in [1.165, 1.54) is 19.3 Å². The standard InChI is InChI=1S/C14H29N3O/c1-4-5-6-7-12(2)16-14(18)11-17(3)13-8-9-15-10-13/h12-13,15H,4-11H2,1-3H3,(H,16,18). The predicted octanol–water partition coefficient (Wildman–Crippen LogP) is 1.37. The van der Waals surface area contributed by atoms with Gasteiger partial charge in [-0.25, -0.2) is 0 Å². The van der Waals surface area contributed by atoms with Crippen LogP contribution in [0, 0.1) is 0 Å². The van der Waals surface area contributed by atoms with Crippen molar-refractivity contribution < 1.29 is 4.79 Å². The van der Waals surface area contributed by atoms with Crippen molar-refractivity contribution in [2.45, 2.75) is 58.0 Å². The Kier molecular flexibility index (Phi) is 7.28. The summed E-state index contributed by atoms with van der Waals surface area (Å²) in [6.45, 7) is 6.91. The molecule has 106 valence electrons. The van der Waals surface area contributed by atoms with Gasteiger partial charge < -0.3 is 10.6 Å². The van der Waals surface area contributed by atoms with Crippen LogP contribution in [0.4, 0.5) is 0 Å². The molecule has 0 radical (unpaired) electrons. The molecule has 4 heteroatoms. The Balaban J connectivity index is 2.15. The molecule has 2 N–H and O–H groups in total. The molecule has 0 aromatic heterocycles. The monoisotopic (exact) mass is 255 g/mol. The number of nitrogens with one attached hydrogen (secondary N) is 2. The van der Waals surface area contributed by atoms with Crippen molar-refractivity contribution in [3.8, 4) is 0 Å². The number of likely N-dealkylation sites (N-methyl/N-ethyl adjacent to an activating group) is 1. The van der Waals surface area contributed by atoms with E-state index in [-0.39, 0.29) is 5.91 Å². The molecule has 0 aromatic rings. The Morgan fingerprint density at radius 2 is 2.28 bits per heavy atom. The van der Waals surface area contributed by atoms with Crippen LogP contribution in [0.1, 0.15) is 46.0 Å². The highest BCUT2D eigenvalue weighted by Gasteiger charge is 2.21. The van der Waals surface area contributed by atoms with Crippen LogP contribution in [0.15, 0.2) is 0 Å². The lowest BCUT2D eigenvalue weighted by molar-refractivity contribution is -0.123.